The third-order valence-corrected chi connectivity index (χ3v) is 3.72. The summed E-state index contributed by atoms with van der Waals surface area (Å²) in [6.07, 6.45) is 3.56. The van der Waals surface area contributed by atoms with Gasteiger partial charge in [0.2, 0.25) is 0 Å². The Labute approximate surface area is 108 Å². The number of aromatic amines is 1. The van der Waals surface area contributed by atoms with E-state index in [1.54, 1.807) is 6.07 Å². The normalized spacial score (nSPS) is 21.9. The second-order valence-corrected chi connectivity index (χ2v) is 5.02. The lowest BCUT2D eigenvalue weighted by molar-refractivity contribution is 0.380. The van der Waals surface area contributed by atoms with Gasteiger partial charge in [0, 0.05) is 24.7 Å². The molecule has 0 spiro atoms. The van der Waals surface area contributed by atoms with Crippen molar-refractivity contribution in [2.45, 2.75) is 45.2 Å². The number of piperidine rings is 1. The van der Waals surface area contributed by atoms with Crippen LogP contribution in [-0.2, 0) is 0 Å². The quantitative estimate of drug-likeness (QED) is 0.841. The summed E-state index contributed by atoms with van der Waals surface area (Å²) in [6.45, 7) is 4.99. The molecular formula is C13H22N4O. The van der Waals surface area contributed by atoms with Crippen LogP contribution >= 0.6 is 0 Å². The number of hydrogen-bond donors (Lipinski definition) is 2. The molecule has 2 atom stereocenters. The van der Waals surface area contributed by atoms with Crippen LogP contribution in [0, 0.1) is 6.92 Å². The van der Waals surface area contributed by atoms with Gasteiger partial charge in [-0.15, -0.1) is 0 Å². The second kappa shape index (κ2) is 5.52. The van der Waals surface area contributed by atoms with Crippen LogP contribution in [0.15, 0.2) is 10.9 Å². The Hall–Kier alpha value is -1.36. The van der Waals surface area contributed by atoms with Gasteiger partial charge in [-0.05, 0) is 40.2 Å². The highest BCUT2D eigenvalue weighted by molar-refractivity contribution is 5.40. The fraction of sp³-hybridized carbons (Fsp3) is 0.692. The third kappa shape index (κ3) is 2.72. The van der Waals surface area contributed by atoms with E-state index in [1.807, 2.05) is 14.0 Å². The fourth-order valence-corrected chi connectivity index (χ4v) is 2.66. The molecule has 18 heavy (non-hydrogen) atoms. The van der Waals surface area contributed by atoms with Crippen molar-refractivity contribution in [2.24, 2.45) is 0 Å². The molecule has 1 aromatic heterocycles. The summed E-state index contributed by atoms with van der Waals surface area (Å²) in [5.74, 6) is 1.49. The SMILES string of the molecule is CNC(C)C1CCCCN1c1cc(=O)[nH]c(C)n1. The number of rotatable bonds is 3. The molecule has 5 nitrogen and oxygen atoms in total. The summed E-state index contributed by atoms with van der Waals surface area (Å²) in [7, 11) is 1.98. The molecule has 0 bridgehead atoms. The van der Waals surface area contributed by atoms with E-state index >= 15 is 0 Å². The van der Waals surface area contributed by atoms with E-state index in [2.05, 4.69) is 27.1 Å². The van der Waals surface area contributed by atoms with Crippen molar-refractivity contribution in [3.05, 3.63) is 22.2 Å². The summed E-state index contributed by atoms with van der Waals surface area (Å²) in [5.41, 5.74) is -0.0704. The fourth-order valence-electron chi connectivity index (χ4n) is 2.66. The summed E-state index contributed by atoms with van der Waals surface area (Å²) in [6, 6.07) is 2.41. The maximum absolute atomic E-state index is 11.6. The van der Waals surface area contributed by atoms with Crippen LogP contribution in [-0.4, -0.2) is 35.6 Å². The number of aryl methyl sites for hydroxylation is 1. The van der Waals surface area contributed by atoms with Crippen LogP contribution in [0.1, 0.15) is 32.0 Å². The minimum atomic E-state index is -0.0704. The Balaban J connectivity index is 2.30. The number of likely N-dealkylation sites (N-methyl/N-ethyl adjacent to an activating group) is 1. The Kier molecular flexibility index (Phi) is 4.01. The molecule has 0 aliphatic carbocycles. The highest BCUT2D eigenvalue weighted by Crippen LogP contribution is 2.24. The predicted octanol–water partition coefficient (Wildman–Crippen LogP) is 1.05. The molecule has 0 aromatic carbocycles. The zero-order valence-electron chi connectivity index (χ0n) is 11.4. The van der Waals surface area contributed by atoms with Gasteiger partial charge in [-0.1, -0.05) is 0 Å². The molecule has 2 heterocycles. The summed E-state index contributed by atoms with van der Waals surface area (Å²) < 4.78 is 0. The molecule has 2 N–H and O–H groups in total. The van der Waals surface area contributed by atoms with Crippen molar-refractivity contribution in [1.82, 2.24) is 15.3 Å². The minimum Gasteiger partial charge on any atom is -0.352 e. The zero-order valence-corrected chi connectivity index (χ0v) is 11.4. The van der Waals surface area contributed by atoms with Crippen molar-refractivity contribution in [2.75, 3.05) is 18.5 Å². The summed E-state index contributed by atoms with van der Waals surface area (Å²) in [5, 5.41) is 3.31. The predicted molar refractivity (Wildman–Crippen MR) is 73.1 cm³/mol. The number of hydrogen-bond acceptors (Lipinski definition) is 4. The topological polar surface area (TPSA) is 61.0 Å². The second-order valence-electron chi connectivity index (χ2n) is 5.02. The van der Waals surface area contributed by atoms with E-state index in [9.17, 15) is 4.79 Å². The molecule has 1 saturated heterocycles. The monoisotopic (exact) mass is 250 g/mol. The van der Waals surface area contributed by atoms with Crippen LogP contribution in [0.2, 0.25) is 0 Å². The lowest BCUT2D eigenvalue weighted by Gasteiger charge is -2.40. The van der Waals surface area contributed by atoms with Gasteiger partial charge in [0.25, 0.3) is 5.56 Å². The summed E-state index contributed by atoms with van der Waals surface area (Å²) in [4.78, 5) is 21.0. The van der Waals surface area contributed by atoms with E-state index in [-0.39, 0.29) is 5.56 Å². The number of aromatic nitrogens is 2. The molecule has 1 aromatic rings. The molecular weight excluding hydrogens is 228 g/mol. The standard InChI is InChI=1S/C13H22N4O/c1-9(14-3)11-6-4-5-7-17(11)12-8-13(18)16-10(2)15-12/h8-9,11,14H,4-7H2,1-3H3,(H,15,16,18). The molecule has 0 saturated carbocycles. The number of anilines is 1. The van der Waals surface area contributed by atoms with Gasteiger partial charge in [0.15, 0.2) is 0 Å². The Morgan fingerprint density at radius 3 is 3.00 bits per heavy atom. The van der Waals surface area contributed by atoms with Crippen LogP contribution in [0.3, 0.4) is 0 Å². The van der Waals surface area contributed by atoms with Gasteiger partial charge in [0.1, 0.15) is 11.6 Å². The van der Waals surface area contributed by atoms with E-state index < -0.39 is 0 Å². The van der Waals surface area contributed by atoms with E-state index in [1.165, 1.54) is 12.8 Å². The van der Waals surface area contributed by atoms with Gasteiger partial charge < -0.3 is 15.2 Å². The molecule has 1 aliphatic rings. The number of nitrogens with one attached hydrogen (secondary N) is 2. The molecule has 5 heteroatoms. The van der Waals surface area contributed by atoms with Crippen molar-refractivity contribution < 1.29 is 0 Å². The summed E-state index contributed by atoms with van der Waals surface area (Å²) >= 11 is 0. The highest BCUT2D eigenvalue weighted by atomic mass is 16.1. The Morgan fingerprint density at radius 1 is 1.56 bits per heavy atom. The zero-order chi connectivity index (χ0) is 13.1. The maximum atomic E-state index is 11.6. The largest absolute Gasteiger partial charge is 0.352 e. The van der Waals surface area contributed by atoms with Crippen molar-refractivity contribution in [3.8, 4) is 0 Å². The Bertz CT molecular complexity index is 457. The smallest absolute Gasteiger partial charge is 0.252 e. The maximum Gasteiger partial charge on any atom is 0.252 e. The van der Waals surface area contributed by atoms with Crippen LogP contribution in [0.5, 0.6) is 0 Å². The first-order valence-corrected chi connectivity index (χ1v) is 6.63. The van der Waals surface area contributed by atoms with Crippen LogP contribution < -0.4 is 15.8 Å². The number of H-pyrrole nitrogens is 1. The Morgan fingerprint density at radius 2 is 2.33 bits per heavy atom. The molecule has 2 rings (SSSR count). The molecule has 1 fully saturated rings. The molecule has 100 valence electrons. The van der Waals surface area contributed by atoms with Crippen LogP contribution in [0.25, 0.3) is 0 Å². The highest BCUT2D eigenvalue weighted by Gasteiger charge is 2.27. The average Bonchev–Trinajstić information content (AvgIpc) is 2.36. The van der Waals surface area contributed by atoms with Crippen molar-refractivity contribution in [1.29, 1.82) is 0 Å². The first-order valence-electron chi connectivity index (χ1n) is 6.63. The van der Waals surface area contributed by atoms with Crippen molar-refractivity contribution in [3.63, 3.8) is 0 Å². The van der Waals surface area contributed by atoms with Gasteiger partial charge in [-0.3, -0.25) is 4.79 Å². The average molecular weight is 250 g/mol. The van der Waals surface area contributed by atoms with Crippen molar-refractivity contribution >= 4 is 5.82 Å². The van der Waals surface area contributed by atoms with E-state index in [4.69, 9.17) is 0 Å². The molecule has 0 radical (unpaired) electrons. The molecule has 2 unspecified atom stereocenters. The van der Waals surface area contributed by atoms with Crippen LogP contribution in [0.4, 0.5) is 5.82 Å². The molecule has 0 amide bonds. The lowest BCUT2D eigenvalue weighted by Crippen LogP contribution is -2.51. The minimum absolute atomic E-state index is 0.0704. The van der Waals surface area contributed by atoms with Gasteiger partial charge in [0.05, 0.1) is 0 Å². The molecule has 1 aliphatic heterocycles. The first-order chi connectivity index (χ1) is 8.61. The third-order valence-electron chi connectivity index (χ3n) is 3.72. The lowest BCUT2D eigenvalue weighted by atomic mass is 9.96. The van der Waals surface area contributed by atoms with Gasteiger partial charge >= 0.3 is 0 Å². The number of nitrogens with zero attached hydrogens (tertiary/aromatic N) is 2. The van der Waals surface area contributed by atoms with Gasteiger partial charge in [-0.25, -0.2) is 4.98 Å². The van der Waals surface area contributed by atoms with Gasteiger partial charge in [-0.2, -0.15) is 0 Å². The first kappa shape index (κ1) is 13.1. The van der Waals surface area contributed by atoms with E-state index in [0.717, 1.165) is 18.8 Å². The van der Waals surface area contributed by atoms with E-state index in [0.29, 0.717) is 17.9 Å².